The molecular formula is C22H28N4O4. The Labute approximate surface area is 176 Å². The first-order chi connectivity index (χ1) is 14.6. The average molecular weight is 412 g/mol. The number of ether oxygens (including phenoxy) is 2. The lowest BCUT2D eigenvalue weighted by Crippen LogP contribution is -2.42. The maximum atomic E-state index is 12.0. The van der Waals surface area contributed by atoms with Crippen LogP contribution in [0.2, 0.25) is 0 Å². The minimum atomic E-state index is -0.592. The molecule has 4 rings (SSSR count). The normalized spacial score (nSPS) is 25.5. The second-order valence-corrected chi connectivity index (χ2v) is 7.88. The van der Waals surface area contributed by atoms with Crippen LogP contribution < -0.4 is 15.0 Å². The fourth-order valence-electron chi connectivity index (χ4n) is 4.47. The average Bonchev–Trinajstić information content (AvgIpc) is 3.17. The van der Waals surface area contributed by atoms with Crippen LogP contribution in [0.15, 0.2) is 36.5 Å². The third-order valence-electron chi connectivity index (χ3n) is 5.94. The van der Waals surface area contributed by atoms with Crippen molar-refractivity contribution in [1.82, 2.24) is 9.97 Å². The van der Waals surface area contributed by atoms with Crippen LogP contribution >= 0.6 is 0 Å². The van der Waals surface area contributed by atoms with E-state index in [9.17, 15) is 9.90 Å². The van der Waals surface area contributed by atoms with Gasteiger partial charge in [0, 0.05) is 25.8 Å². The predicted octanol–water partition coefficient (Wildman–Crippen LogP) is 2.35. The summed E-state index contributed by atoms with van der Waals surface area (Å²) in [6, 6.07) is 8.86. The van der Waals surface area contributed by atoms with Crippen molar-refractivity contribution in [1.29, 1.82) is 0 Å². The molecule has 1 aromatic heterocycles. The fraction of sp³-hybridized carbons (Fsp3) is 0.500. The van der Waals surface area contributed by atoms with Crippen LogP contribution in [0.3, 0.4) is 0 Å². The van der Waals surface area contributed by atoms with E-state index in [4.69, 9.17) is 9.47 Å². The summed E-state index contributed by atoms with van der Waals surface area (Å²) in [5.41, 5.74) is 0.371. The van der Waals surface area contributed by atoms with Gasteiger partial charge in [-0.2, -0.15) is 4.98 Å². The van der Waals surface area contributed by atoms with E-state index in [0.29, 0.717) is 41.9 Å². The van der Waals surface area contributed by atoms with Gasteiger partial charge in [-0.3, -0.25) is 0 Å². The van der Waals surface area contributed by atoms with E-state index in [1.165, 1.54) is 7.11 Å². The van der Waals surface area contributed by atoms with Crippen molar-refractivity contribution in [3.05, 3.63) is 42.1 Å². The number of methoxy groups -OCH3 is 1. The number of anilines is 2. The van der Waals surface area contributed by atoms with Crippen LogP contribution in [0.25, 0.3) is 0 Å². The molecule has 30 heavy (non-hydrogen) atoms. The number of hydrogen-bond acceptors (Lipinski definition) is 8. The molecule has 2 aromatic rings. The molecule has 1 aliphatic carbocycles. The Hall–Kier alpha value is -2.87. The first-order valence-electron chi connectivity index (χ1n) is 10.4. The molecule has 2 aliphatic rings. The van der Waals surface area contributed by atoms with Crippen LogP contribution in [0.4, 0.5) is 11.8 Å². The van der Waals surface area contributed by atoms with Gasteiger partial charge in [0.2, 0.25) is 5.95 Å². The molecule has 0 spiro atoms. The van der Waals surface area contributed by atoms with Crippen molar-refractivity contribution in [2.45, 2.75) is 32.0 Å². The molecule has 4 atom stereocenters. The zero-order valence-corrected chi connectivity index (χ0v) is 17.3. The van der Waals surface area contributed by atoms with Crippen LogP contribution in [-0.4, -0.2) is 60.0 Å². The number of rotatable bonds is 6. The standard InChI is InChI=1S/C22H28N4O4/c1-3-23-20-8-9-24-22(25-20)26-12-14-10-17(27)19(11-15(14)13-26)30-18-7-5-4-6-16(18)21(28)29-2/h4-9,14-15,17,19,27H,3,10-13H2,1-2H3,(H,23,24,25)/t14-,15+,17+,19+/m0/s1. The van der Waals surface area contributed by atoms with Crippen LogP contribution in [-0.2, 0) is 4.74 Å². The maximum Gasteiger partial charge on any atom is 0.341 e. The molecule has 1 saturated carbocycles. The van der Waals surface area contributed by atoms with Crippen molar-refractivity contribution >= 4 is 17.7 Å². The molecule has 2 fully saturated rings. The van der Waals surface area contributed by atoms with Gasteiger partial charge in [-0.15, -0.1) is 0 Å². The van der Waals surface area contributed by atoms with E-state index in [0.717, 1.165) is 25.5 Å². The lowest BCUT2D eigenvalue weighted by molar-refractivity contribution is -0.0237. The van der Waals surface area contributed by atoms with Crippen LogP contribution in [0.1, 0.15) is 30.1 Å². The molecule has 2 N–H and O–H groups in total. The SMILES string of the molecule is CCNc1ccnc(N2C[C@H]3C[C@@H](Oc4ccccc4C(=O)OC)[C@H](O)C[C@H]3C2)n1. The molecule has 0 radical (unpaired) electrons. The Balaban J connectivity index is 1.45. The highest BCUT2D eigenvalue weighted by Gasteiger charge is 2.43. The number of nitrogens with one attached hydrogen (secondary N) is 1. The molecule has 0 bridgehead atoms. The van der Waals surface area contributed by atoms with Gasteiger partial charge >= 0.3 is 5.97 Å². The summed E-state index contributed by atoms with van der Waals surface area (Å²) in [6.45, 7) is 4.49. The highest BCUT2D eigenvalue weighted by atomic mass is 16.5. The lowest BCUT2D eigenvalue weighted by Gasteiger charge is -2.35. The third kappa shape index (κ3) is 4.18. The first-order valence-corrected chi connectivity index (χ1v) is 10.4. The number of para-hydroxylation sites is 1. The molecule has 1 aliphatic heterocycles. The molecule has 8 nitrogen and oxygen atoms in total. The quantitative estimate of drug-likeness (QED) is 0.698. The van der Waals surface area contributed by atoms with Gasteiger partial charge in [0.1, 0.15) is 23.2 Å². The van der Waals surface area contributed by atoms with Crippen LogP contribution in [0.5, 0.6) is 5.75 Å². The molecule has 0 amide bonds. The topological polar surface area (TPSA) is 96.8 Å². The number of aromatic nitrogens is 2. The van der Waals surface area contributed by atoms with Crippen molar-refractivity contribution in [2.24, 2.45) is 11.8 Å². The number of hydrogen-bond donors (Lipinski definition) is 2. The molecule has 1 saturated heterocycles. The van der Waals surface area contributed by atoms with Gasteiger partial charge in [0.25, 0.3) is 0 Å². The molecule has 2 heterocycles. The zero-order chi connectivity index (χ0) is 21.1. The monoisotopic (exact) mass is 412 g/mol. The second-order valence-electron chi connectivity index (χ2n) is 7.88. The fourth-order valence-corrected chi connectivity index (χ4v) is 4.47. The van der Waals surface area contributed by atoms with E-state index < -0.39 is 12.1 Å². The molecule has 160 valence electrons. The molecular weight excluding hydrogens is 384 g/mol. The van der Waals surface area contributed by atoms with Gasteiger partial charge < -0.3 is 24.8 Å². The van der Waals surface area contributed by atoms with E-state index in [1.54, 1.807) is 24.4 Å². The number of aliphatic hydroxyl groups excluding tert-OH is 1. The number of benzene rings is 1. The largest absolute Gasteiger partial charge is 0.487 e. The lowest BCUT2D eigenvalue weighted by atomic mass is 9.78. The number of carbonyl (C=O) groups is 1. The van der Waals surface area contributed by atoms with Gasteiger partial charge in [-0.05, 0) is 49.8 Å². The molecule has 8 heteroatoms. The minimum Gasteiger partial charge on any atom is -0.487 e. The minimum absolute atomic E-state index is 0.363. The number of aliphatic hydroxyl groups is 1. The van der Waals surface area contributed by atoms with Crippen molar-refractivity contribution in [3.8, 4) is 5.75 Å². The summed E-state index contributed by atoms with van der Waals surface area (Å²) in [6.07, 6.45) is 2.17. The molecule has 0 unspecified atom stereocenters. The summed E-state index contributed by atoms with van der Waals surface area (Å²) in [4.78, 5) is 23.3. The highest BCUT2D eigenvalue weighted by Crippen LogP contribution is 2.39. The maximum absolute atomic E-state index is 12.0. The van der Waals surface area contributed by atoms with E-state index >= 15 is 0 Å². The Morgan fingerprint density at radius 3 is 2.77 bits per heavy atom. The Morgan fingerprint density at radius 1 is 1.23 bits per heavy atom. The van der Waals surface area contributed by atoms with Gasteiger partial charge in [-0.25, -0.2) is 9.78 Å². The number of nitrogens with zero attached hydrogens (tertiary/aromatic N) is 3. The first kappa shape index (κ1) is 20.4. The number of esters is 1. The summed E-state index contributed by atoms with van der Waals surface area (Å²) in [5.74, 6) is 2.27. The summed E-state index contributed by atoms with van der Waals surface area (Å²) in [5, 5.41) is 14.0. The summed E-state index contributed by atoms with van der Waals surface area (Å²) >= 11 is 0. The predicted molar refractivity (Wildman–Crippen MR) is 113 cm³/mol. The smallest absolute Gasteiger partial charge is 0.341 e. The van der Waals surface area contributed by atoms with Crippen molar-refractivity contribution in [3.63, 3.8) is 0 Å². The third-order valence-corrected chi connectivity index (χ3v) is 5.94. The van der Waals surface area contributed by atoms with Gasteiger partial charge in [0.15, 0.2) is 0 Å². The van der Waals surface area contributed by atoms with E-state index in [2.05, 4.69) is 20.2 Å². The van der Waals surface area contributed by atoms with Crippen LogP contribution in [0, 0.1) is 11.8 Å². The Morgan fingerprint density at radius 2 is 2.00 bits per heavy atom. The highest BCUT2D eigenvalue weighted by molar-refractivity contribution is 5.92. The van der Waals surface area contributed by atoms with Gasteiger partial charge in [-0.1, -0.05) is 12.1 Å². The van der Waals surface area contributed by atoms with Crippen molar-refractivity contribution < 1.29 is 19.4 Å². The van der Waals surface area contributed by atoms with Crippen molar-refractivity contribution in [2.75, 3.05) is 37.0 Å². The number of carbonyl (C=O) groups excluding carboxylic acids is 1. The Bertz CT molecular complexity index is 893. The van der Waals surface area contributed by atoms with Gasteiger partial charge in [0.05, 0.1) is 13.2 Å². The van der Waals surface area contributed by atoms with E-state index in [1.807, 2.05) is 19.1 Å². The van der Waals surface area contributed by atoms with E-state index in [-0.39, 0.29) is 6.10 Å². The summed E-state index contributed by atoms with van der Waals surface area (Å²) in [7, 11) is 1.35. The molecule has 1 aromatic carbocycles. The number of fused-ring (bicyclic) bond motifs is 1. The second kappa shape index (κ2) is 8.87. The Kier molecular flexibility index (Phi) is 6.03. The summed E-state index contributed by atoms with van der Waals surface area (Å²) < 4.78 is 11.0. The zero-order valence-electron chi connectivity index (χ0n) is 17.3.